The molecule has 0 bridgehead atoms. The van der Waals surface area contributed by atoms with E-state index < -0.39 is 35.5 Å². The Morgan fingerprint density at radius 3 is 2.60 bits per heavy atom. The molecule has 0 saturated carbocycles. The molecule has 158 valence electrons. The van der Waals surface area contributed by atoms with Gasteiger partial charge in [0.05, 0.1) is 18.7 Å². The molecule has 2 aromatic carbocycles. The molecule has 2 aromatic rings. The summed E-state index contributed by atoms with van der Waals surface area (Å²) in [7, 11) is 1.48. The lowest BCUT2D eigenvalue weighted by Crippen LogP contribution is -2.33. The van der Waals surface area contributed by atoms with E-state index in [1.807, 2.05) is 0 Å². The van der Waals surface area contributed by atoms with Crippen molar-refractivity contribution in [2.24, 2.45) is 5.92 Å². The monoisotopic (exact) mass is 418 g/mol. The number of carbonyl (C=O) groups excluding carboxylic acids is 3. The maximum Gasteiger partial charge on any atom is 0.312 e. The molecular weight excluding hydrogens is 398 g/mol. The van der Waals surface area contributed by atoms with Gasteiger partial charge in [0.15, 0.2) is 17.7 Å². The van der Waals surface area contributed by atoms with Crippen LogP contribution in [0, 0.1) is 17.6 Å². The summed E-state index contributed by atoms with van der Waals surface area (Å²) in [5, 5.41) is 2.35. The van der Waals surface area contributed by atoms with Gasteiger partial charge >= 0.3 is 5.97 Å². The maximum absolute atomic E-state index is 13.3. The minimum atomic E-state index is -1.19. The number of hydrogen-bond donors (Lipinski definition) is 1. The van der Waals surface area contributed by atoms with E-state index in [1.54, 1.807) is 24.3 Å². The summed E-state index contributed by atoms with van der Waals surface area (Å²) in [4.78, 5) is 38.5. The second kappa shape index (κ2) is 8.89. The third-order valence-electron chi connectivity index (χ3n) is 4.68. The number of anilines is 2. The van der Waals surface area contributed by atoms with Gasteiger partial charge in [0.25, 0.3) is 5.91 Å². The highest BCUT2D eigenvalue weighted by Crippen LogP contribution is 2.33. The minimum absolute atomic E-state index is 0.0280. The van der Waals surface area contributed by atoms with Crippen LogP contribution in [-0.4, -0.2) is 37.5 Å². The Labute approximate surface area is 171 Å². The SMILES string of the molecule is COc1ccccc1N1C[C@H](C(=O)O[C@@H](C)C(=O)Nc2ccc(F)c(F)c2)CC1=O. The quantitative estimate of drug-likeness (QED) is 0.730. The lowest BCUT2D eigenvalue weighted by molar-refractivity contribution is -0.157. The van der Waals surface area contributed by atoms with Crippen LogP contribution in [0.3, 0.4) is 0 Å². The van der Waals surface area contributed by atoms with Crippen molar-refractivity contribution >= 4 is 29.2 Å². The fourth-order valence-electron chi connectivity index (χ4n) is 3.09. The standard InChI is InChI=1S/C21H20F2N2O5/c1-12(20(27)24-14-7-8-15(22)16(23)10-14)30-21(28)13-9-19(26)25(11-13)17-5-3-4-6-18(17)29-2/h3-8,10,12-13H,9,11H2,1-2H3,(H,24,27)/t12-,13+/m0/s1. The van der Waals surface area contributed by atoms with Crippen molar-refractivity contribution in [3.8, 4) is 5.75 Å². The molecule has 0 aliphatic carbocycles. The number of halogens is 2. The van der Waals surface area contributed by atoms with Crippen molar-refractivity contribution in [3.05, 3.63) is 54.1 Å². The van der Waals surface area contributed by atoms with Crippen LogP contribution in [0.1, 0.15) is 13.3 Å². The molecule has 9 heteroatoms. The molecule has 30 heavy (non-hydrogen) atoms. The van der Waals surface area contributed by atoms with Crippen molar-refractivity contribution in [1.82, 2.24) is 0 Å². The number of carbonyl (C=O) groups is 3. The molecule has 0 spiro atoms. The highest BCUT2D eigenvalue weighted by Gasteiger charge is 2.38. The van der Waals surface area contributed by atoms with E-state index in [0.717, 1.165) is 12.1 Å². The van der Waals surface area contributed by atoms with Crippen LogP contribution in [0.4, 0.5) is 20.2 Å². The van der Waals surface area contributed by atoms with Gasteiger partial charge in [-0.25, -0.2) is 8.78 Å². The van der Waals surface area contributed by atoms with Crippen molar-refractivity contribution in [3.63, 3.8) is 0 Å². The van der Waals surface area contributed by atoms with Gasteiger partial charge < -0.3 is 19.7 Å². The molecule has 1 aliphatic rings. The number of rotatable bonds is 6. The topological polar surface area (TPSA) is 84.9 Å². The number of nitrogens with one attached hydrogen (secondary N) is 1. The molecule has 0 aromatic heterocycles. The van der Waals surface area contributed by atoms with E-state index in [2.05, 4.69) is 5.32 Å². The number of benzene rings is 2. The molecule has 1 heterocycles. The van der Waals surface area contributed by atoms with E-state index >= 15 is 0 Å². The van der Waals surface area contributed by atoms with Gasteiger partial charge in [-0.15, -0.1) is 0 Å². The summed E-state index contributed by atoms with van der Waals surface area (Å²) in [5.74, 6) is -4.08. The highest BCUT2D eigenvalue weighted by atomic mass is 19.2. The number of hydrogen-bond acceptors (Lipinski definition) is 5. The van der Waals surface area contributed by atoms with E-state index in [4.69, 9.17) is 9.47 Å². The Balaban J connectivity index is 1.60. The van der Waals surface area contributed by atoms with Crippen LogP contribution in [-0.2, 0) is 19.1 Å². The first kappa shape index (κ1) is 21.2. The van der Waals surface area contributed by atoms with Crippen molar-refractivity contribution in [2.45, 2.75) is 19.4 Å². The average molecular weight is 418 g/mol. The van der Waals surface area contributed by atoms with Crippen molar-refractivity contribution < 1.29 is 32.6 Å². The molecule has 7 nitrogen and oxygen atoms in total. The second-order valence-electron chi connectivity index (χ2n) is 6.77. The van der Waals surface area contributed by atoms with Crippen LogP contribution < -0.4 is 15.0 Å². The summed E-state index contributed by atoms with van der Waals surface area (Å²) >= 11 is 0. The van der Waals surface area contributed by atoms with Gasteiger partial charge in [-0.05, 0) is 31.2 Å². The fraction of sp³-hybridized carbons (Fsp3) is 0.286. The Morgan fingerprint density at radius 1 is 1.17 bits per heavy atom. The average Bonchev–Trinajstić information content (AvgIpc) is 3.12. The minimum Gasteiger partial charge on any atom is -0.495 e. The Hall–Kier alpha value is -3.49. The largest absolute Gasteiger partial charge is 0.495 e. The van der Waals surface area contributed by atoms with Gasteiger partial charge in [-0.1, -0.05) is 12.1 Å². The predicted molar refractivity (Wildman–Crippen MR) is 104 cm³/mol. The molecule has 2 atom stereocenters. The molecule has 0 unspecified atom stereocenters. The van der Waals surface area contributed by atoms with Gasteiger partial charge in [-0.2, -0.15) is 0 Å². The van der Waals surface area contributed by atoms with Gasteiger partial charge in [0.1, 0.15) is 5.75 Å². The Kier molecular flexibility index (Phi) is 6.29. The van der Waals surface area contributed by atoms with Crippen molar-refractivity contribution in [2.75, 3.05) is 23.9 Å². The summed E-state index contributed by atoms with van der Waals surface area (Å²) in [5.41, 5.74) is 0.574. The molecule has 3 rings (SSSR count). The van der Waals surface area contributed by atoms with Crippen LogP contribution in [0.25, 0.3) is 0 Å². The number of para-hydroxylation sites is 2. The Bertz CT molecular complexity index is 982. The number of methoxy groups -OCH3 is 1. The third-order valence-corrected chi connectivity index (χ3v) is 4.68. The zero-order valence-electron chi connectivity index (χ0n) is 16.4. The zero-order chi connectivity index (χ0) is 21.8. The molecule has 0 radical (unpaired) electrons. The maximum atomic E-state index is 13.3. The smallest absolute Gasteiger partial charge is 0.312 e. The van der Waals surface area contributed by atoms with Gasteiger partial charge in [0.2, 0.25) is 5.91 Å². The molecule has 2 amide bonds. The first-order valence-electron chi connectivity index (χ1n) is 9.20. The normalized spacial score (nSPS) is 16.9. The zero-order valence-corrected chi connectivity index (χ0v) is 16.4. The van der Waals surface area contributed by atoms with Crippen molar-refractivity contribution in [1.29, 1.82) is 0 Å². The molecule has 1 aliphatic heterocycles. The first-order valence-corrected chi connectivity index (χ1v) is 9.20. The summed E-state index contributed by atoms with van der Waals surface area (Å²) in [6.07, 6.45) is -1.25. The number of amides is 2. The number of nitrogens with zero attached hydrogens (tertiary/aromatic N) is 1. The summed E-state index contributed by atoms with van der Waals surface area (Å²) in [6.45, 7) is 1.44. The first-order chi connectivity index (χ1) is 14.3. The molecular formula is C21H20F2N2O5. The number of ether oxygens (including phenoxy) is 2. The lowest BCUT2D eigenvalue weighted by atomic mass is 10.1. The van der Waals surface area contributed by atoms with Crippen LogP contribution in [0.2, 0.25) is 0 Å². The Morgan fingerprint density at radius 2 is 1.90 bits per heavy atom. The van der Waals surface area contributed by atoms with E-state index in [-0.39, 0.29) is 24.6 Å². The van der Waals surface area contributed by atoms with Crippen LogP contribution >= 0.6 is 0 Å². The van der Waals surface area contributed by atoms with Crippen LogP contribution in [0.15, 0.2) is 42.5 Å². The van der Waals surface area contributed by atoms with Gasteiger partial charge in [-0.3, -0.25) is 14.4 Å². The molecule has 1 fully saturated rings. The van der Waals surface area contributed by atoms with Gasteiger partial charge in [0, 0.05) is 24.7 Å². The van der Waals surface area contributed by atoms with E-state index in [9.17, 15) is 23.2 Å². The fourth-order valence-corrected chi connectivity index (χ4v) is 3.09. The lowest BCUT2D eigenvalue weighted by Gasteiger charge is -2.20. The number of esters is 1. The van der Waals surface area contributed by atoms with E-state index in [0.29, 0.717) is 11.4 Å². The predicted octanol–water partition coefficient (Wildman–Crippen LogP) is 2.90. The molecule has 1 N–H and O–H groups in total. The summed E-state index contributed by atoms with van der Waals surface area (Å²) in [6, 6.07) is 9.82. The summed E-state index contributed by atoms with van der Waals surface area (Å²) < 4.78 is 36.7. The highest BCUT2D eigenvalue weighted by molar-refractivity contribution is 6.01. The van der Waals surface area contributed by atoms with Crippen LogP contribution in [0.5, 0.6) is 5.75 Å². The molecule has 1 saturated heterocycles. The van der Waals surface area contributed by atoms with E-state index in [1.165, 1.54) is 25.0 Å². The third kappa shape index (κ3) is 4.56. The second-order valence-corrected chi connectivity index (χ2v) is 6.77.